The molecule has 0 radical (unpaired) electrons. The Bertz CT molecular complexity index is 2050. The molecule has 1 amide bonds. The van der Waals surface area contributed by atoms with E-state index in [1.165, 1.54) is 58.0 Å². The quantitative estimate of drug-likeness (QED) is 0.146. The lowest BCUT2D eigenvalue weighted by Gasteiger charge is -2.67. The molecule has 1 aliphatic heterocycles. The van der Waals surface area contributed by atoms with Crippen LogP contribution >= 0.6 is 0 Å². The lowest BCUT2D eigenvalue weighted by atomic mass is 9.44. The van der Waals surface area contributed by atoms with Gasteiger partial charge in [-0.05, 0) is 64.0 Å². The molecule has 2 saturated carbocycles. The van der Waals surface area contributed by atoms with E-state index >= 15 is 4.39 Å². The third-order valence-electron chi connectivity index (χ3n) is 12.6. The van der Waals surface area contributed by atoms with Gasteiger partial charge in [-0.1, -0.05) is 50.2 Å². The standard InChI is InChI=1S/C43H52FNO14/c1-21-26(56-37(52)32(49)30(24-16-12-13-17-25(24)44)45-38(53)59-39(3,4)5)19-43(54)35(57-36(51)23-14-10-9-11-15-23)33-41(8,34(50)31(48)29(21)40(43,6)7)27(47)18-28-42(33,20-55-28)58-22(2)46/h9-17,26-28,30-33,35,47-49,54H,18-20H2,1-8H3,(H,45,53)/t26-,27-,28+,30-,31+,32+,33-,35-,41+,42-,43+/m0/s1. The van der Waals surface area contributed by atoms with Gasteiger partial charge < -0.3 is 49.4 Å². The molecule has 0 aromatic heterocycles. The Morgan fingerprint density at radius 2 is 1.61 bits per heavy atom. The number of nitrogens with one attached hydrogen (secondary N) is 1. The van der Waals surface area contributed by atoms with E-state index in [0.717, 1.165) is 13.0 Å². The largest absolute Gasteiger partial charge is 0.456 e. The number of amides is 1. The van der Waals surface area contributed by atoms with Crippen LogP contribution in [0.5, 0.6) is 0 Å². The van der Waals surface area contributed by atoms with Gasteiger partial charge in [-0.2, -0.15) is 0 Å². The number of benzene rings is 2. The summed E-state index contributed by atoms with van der Waals surface area (Å²) in [5.41, 5.74) is -9.21. The van der Waals surface area contributed by atoms with E-state index in [1.807, 2.05) is 0 Å². The van der Waals surface area contributed by atoms with Crippen molar-refractivity contribution in [2.75, 3.05) is 6.61 Å². The number of esters is 3. The maximum atomic E-state index is 15.2. The molecule has 15 nitrogen and oxygen atoms in total. The number of alkyl carbamates (subject to hydrolysis) is 1. The molecule has 1 heterocycles. The number of aliphatic hydroxyl groups is 4. The van der Waals surface area contributed by atoms with Crippen molar-refractivity contribution in [2.45, 2.75) is 128 Å². The van der Waals surface area contributed by atoms with E-state index in [4.69, 9.17) is 23.7 Å². The van der Waals surface area contributed by atoms with Crippen LogP contribution in [0.25, 0.3) is 0 Å². The topological polar surface area (TPSA) is 224 Å². The van der Waals surface area contributed by atoms with Crippen LogP contribution in [0.3, 0.4) is 0 Å². The molecule has 16 heteroatoms. The molecule has 4 aliphatic rings. The number of ether oxygens (including phenoxy) is 5. The van der Waals surface area contributed by atoms with Crippen LogP contribution in [0.1, 0.15) is 90.2 Å². The summed E-state index contributed by atoms with van der Waals surface area (Å²) in [4.78, 5) is 68.9. The summed E-state index contributed by atoms with van der Waals surface area (Å²) in [7, 11) is 0. The van der Waals surface area contributed by atoms with Gasteiger partial charge in [-0.3, -0.25) is 9.59 Å². The predicted octanol–water partition coefficient (Wildman–Crippen LogP) is 3.40. The van der Waals surface area contributed by atoms with Gasteiger partial charge in [0, 0.05) is 30.7 Å². The molecule has 0 unspecified atom stereocenters. The van der Waals surface area contributed by atoms with Gasteiger partial charge in [-0.25, -0.2) is 18.8 Å². The van der Waals surface area contributed by atoms with Crippen molar-refractivity contribution in [1.82, 2.24) is 5.32 Å². The number of carbonyl (C=O) groups excluding carboxylic acids is 5. The minimum Gasteiger partial charge on any atom is -0.456 e. The van der Waals surface area contributed by atoms with Crippen LogP contribution in [0.15, 0.2) is 65.7 Å². The van der Waals surface area contributed by atoms with Gasteiger partial charge in [0.15, 0.2) is 17.5 Å². The number of hydrogen-bond donors (Lipinski definition) is 5. The van der Waals surface area contributed by atoms with Crippen molar-refractivity contribution in [1.29, 1.82) is 0 Å². The van der Waals surface area contributed by atoms with Crippen molar-refractivity contribution >= 4 is 29.8 Å². The molecule has 3 aliphatic carbocycles. The molecule has 2 aromatic rings. The predicted molar refractivity (Wildman–Crippen MR) is 204 cm³/mol. The smallest absolute Gasteiger partial charge is 0.408 e. The molecule has 11 atom stereocenters. The average molecular weight is 826 g/mol. The van der Waals surface area contributed by atoms with Crippen LogP contribution < -0.4 is 5.32 Å². The molecular formula is C43H52FNO14. The molecule has 5 N–H and O–H groups in total. The van der Waals surface area contributed by atoms with E-state index < -0.39 is 118 Å². The summed E-state index contributed by atoms with van der Waals surface area (Å²) >= 11 is 0. The van der Waals surface area contributed by atoms with Crippen molar-refractivity contribution < 1.29 is 72.5 Å². The minimum atomic E-state index is -2.42. The fourth-order valence-corrected chi connectivity index (χ4v) is 9.61. The van der Waals surface area contributed by atoms with Crippen molar-refractivity contribution in [3.8, 4) is 0 Å². The van der Waals surface area contributed by atoms with Crippen LogP contribution in [0.2, 0.25) is 0 Å². The normalized spacial score (nSPS) is 33.3. The van der Waals surface area contributed by atoms with E-state index in [2.05, 4.69) is 5.32 Å². The van der Waals surface area contributed by atoms with E-state index in [9.17, 15) is 44.4 Å². The highest BCUT2D eigenvalue weighted by Gasteiger charge is 2.78. The lowest BCUT2D eigenvalue weighted by Crippen LogP contribution is -2.81. The Kier molecular flexibility index (Phi) is 11.4. The van der Waals surface area contributed by atoms with Gasteiger partial charge in [0.05, 0.1) is 35.6 Å². The molecular weight excluding hydrogens is 773 g/mol. The Hall–Kier alpha value is -4.74. The van der Waals surface area contributed by atoms with Gasteiger partial charge in [0.25, 0.3) is 0 Å². The second-order valence-electron chi connectivity index (χ2n) is 17.7. The van der Waals surface area contributed by atoms with E-state index in [0.29, 0.717) is 0 Å². The lowest BCUT2D eigenvalue weighted by molar-refractivity contribution is -0.346. The summed E-state index contributed by atoms with van der Waals surface area (Å²) in [5.74, 6) is -6.55. The fourth-order valence-electron chi connectivity index (χ4n) is 9.61. The maximum absolute atomic E-state index is 15.2. The zero-order chi connectivity index (χ0) is 43.6. The summed E-state index contributed by atoms with van der Waals surface area (Å²) in [6, 6.07) is 11.1. The molecule has 320 valence electrons. The molecule has 2 bridgehead atoms. The van der Waals surface area contributed by atoms with Gasteiger partial charge in [-0.15, -0.1) is 0 Å². The third kappa shape index (κ3) is 7.32. The van der Waals surface area contributed by atoms with E-state index in [1.54, 1.807) is 39.0 Å². The molecule has 3 fully saturated rings. The first kappa shape index (κ1) is 43.8. The summed E-state index contributed by atoms with van der Waals surface area (Å²) in [6.07, 6.45) is -12.3. The summed E-state index contributed by atoms with van der Waals surface area (Å²) < 4.78 is 44.5. The highest BCUT2D eigenvalue weighted by atomic mass is 19.1. The summed E-state index contributed by atoms with van der Waals surface area (Å²) in [6.45, 7) is 11.4. The van der Waals surface area contributed by atoms with Crippen LogP contribution in [-0.4, -0.2) is 110 Å². The number of Topliss-reactive ketones (excluding diaryl/α,β-unsaturated/α-hetero) is 1. The first-order chi connectivity index (χ1) is 27.4. The van der Waals surface area contributed by atoms with Crippen LogP contribution in [-0.2, 0) is 38.1 Å². The van der Waals surface area contributed by atoms with Crippen molar-refractivity contribution in [3.05, 3.63) is 82.7 Å². The number of carbonyl (C=O) groups is 5. The monoisotopic (exact) mass is 825 g/mol. The number of hydrogen-bond acceptors (Lipinski definition) is 14. The van der Waals surface area contributed by atoms with Gasteiger partial charge in [0.1, 0.15) is 41.4 Å². The first-order valence-electron chi connectivity index (χ1n) is 19.4. The summed E-state index contributed by atoms with van der Waals surface area (Å²) in [5, 5.41) is 51.3. The minimum absolute atomic E-state index is 0.0499. The Labute approximate surface area is 340 Å². The second-order valence-corrected chi connectivity index (χ2v) is 17.7. The zero-order valence-corrected chi connectivity index (χ0v) is 34.2. The molecule has 2 aromatic carbocycles. The molecule has 1 saturated heterocycles. The van der Waals surface area contributed by atoms with E-state index in [-0.39, 0.29) is 35.3 Å². The Morgan fingerprint density at radius 1 is 0.983 bits per heavy atom. The Balaban J connectivity index is 1.49. The fraction of sp³-hybridized carbons (Fsp3) is 0.558. The van der Waals surface area contributed by atoms with Crippen molar-refractivity contribution in [3.63, 3.8) is 0 Å². The third-order valence-corrected chi connectivity index (χ3v) is 12.6. The Morgan fingerprint density at radius 3 is 2.19 bits per heavy atom. The number of ketones is 1. The average Bonchev–Trinajstić information content (AvgIpc) is 3.14. The number of halogens is 1. The maximum Gasteiger partial charge on any atom is 0.408 e. The highest BCUT2D eigenvalue weighted by molar-refractivity contribution is 5.94. The molecule has 6 rings (SSSR count). The number of fused-ring (bicyclic) bond motifs is 5. The SMILES string of the molecule is CC(=O)O[C@@]12CO[C@@H]1C[C@H](O)[C@@]1(C)C(=O)[C@H](O)C3=C(C)[C@@H](OC(=O)[C@H](O)[C@@H](NC(=O)OC(C)(C)C)c4ccccc4F)C[C@@](O)([C@@H](OC(=O)c4ccccc4)[C@H]21)C3(C)C. The second kappa shape index (κ2) is 15.4. The van der Waals surface area contributed by atoms with Gasteiger partial charge in [0.2, 0.25) is 0 Å². The zero-order valence-electron chi connectivity index (χ0n) is 34.2. The molecule has 0 spiro atoms. The van der Waals surface area contributed by atoms with Gasteiger partial charge >= 0.3 is 24.0 Å². The number of aliphatic hydroxyl groups excluding tert-OH is 3. The van der Waals surface area contributed by atoms with Crippen molar-refractivity contribution in [2.24, 2.45) is 16.7 Å². The first-order valence-corrected chi connectivity index (χ1v) is 19.4. The van der Waals surface area contributed by atoms with Crippen LogP contribution in [0, 0.1) is 22.6 Å². The molecule has 59 heavy (non-hydrogen) atoms. The highest BCUT2D eigenvalue weighted by Crippen LogP contribution is 2.64. The van der Waals surface area contributed by atoms with Crippen LogP contribution in [0.4, 0.5) is 9.18 Å². The number of rotatable bonds is 8.